The fourth-order valence-electron chi connectivity index (χ4n) is 7.91. The fraction of sp³-hybridized carbons (Fsp3) is 0.613. The summed E-state index contributed by atoms with van der Waals surface area (Å²) in [5.74, 6) is -4.41. The number of hydrogen-bond donors (Lipinski definition) is 3. The minimum atomic E-state index is -2.11. The number of esters is 3. The van der Waals surface area contributed by atoms with Crippen molar-refractivity contribution in [3.8, 4) is 0 Å². The number of aliphatic hydroxyl groups is 3. The number of ketones is 1. The predicted octanol–water partition coefficient (Wildman–Crippen LogP) is 1.65. The largest absolute Gasteiger partial charge is 0.455 e. The van der Waals surface area contributed by atoms with Gasteiger partial charge >= 0.3 is 17.9 Å². The Kier molecular flexibility index (Phi) is 7.20. The number of hydrogen-bond acceptors (Lipinski definition) is 11. The first-order chi connectivity index (χ1) is 19.5. The van der Waals surface area contributed by atoms with Crippen LogP contribution in [0.3, 0.4) is 0 Å². The van der Waals surface area contributed by atoms with Crippen molar-refractivity contribution >= 4 is 23.7 Å². The molecule has 42 heavy (non-hydrogen) atoms. The van der Waals surface area contributed by atoms with E-state index in [-0.39, 0.29) is 30.6 Å². The van der Waals surface area contributed by atoms with Crippen LogP contribution < -0.4 is 0 Å². The van der Waals surface area contributed by atoms with Crippen LogP contribution >= 0.6 is 0 Å². The van der Waals surface area contributed by atoms with Crippen molar-refractivity contribution in [2.75, 3.05) is 6.61 Å². The van der Waals surface area contributed by atoms with Gasteiger partial charge in [0.2, 0.25) is 0 Å². The number of ether oxygens (including phenoxy) is 4. The zero-order chi connectivity index (χ0) is 31.0. The number of carbonyl (C=O) groups excluding carboxylic acids is 4. The van der Waals surface area contributed by atoms with E-state index in [1.165, 1.54) is 26.0 Å². The molecule has 0 amide bonds. The van der Waals surface area contributed by atoms with Crippen molar-refractivity contribution in [1.29, 1.82) is 0 Å². The molecule has 3 fully saturated rings. The number of Topliss-reactive ketones (excluding diaryl/α,β-unsaturated/α-hetero) is 1. The maximum Gasteiger partial charge on any atom is 0.338 e. The highest BCUT2D eigenvalue weighted by Crippen LogP contribution is 2.64. The molecule has 2 unspecified atom stereocenters. The summed E-state index contributed by atoms with van der Waals surface area (Å²) in [5.41, 5.74) is -6.38. The highest BCUT2D eigenvalue weighted by Gasteiger charge is 2.78. The first-order valence-corrected chi connectivity index (χ1v) is 14.1. The van der Waals surface area contributed by atoms with E-state index in [1.807, 2.05) is 0 Å². The van der Waals surface area contributed by atoms with Crippen LogP contribution in [0.4, 0.5) is 0 Å². The second kappa shape index (κ2) is 9.97. The van der Waals surface area contributed by atoms with E-state index in [2.05, 4.69) is 0 Å². The van der Waals surface area contributed by atoms with Gasteiger partial charge in [-0.3, -0.25) is 14.4 Å². The van der Waals surface area contributed by atoms with Gasteiger partial charge in [0.25, 0.3) is 0 Å². The van der Waals surface area contributed by atoms with Crippen molar-refractivity contribution in [2.45, 2.75) is 96.1 Å². The first-order valence-electron chi connectivity index (χ1n) is 14.1. The number of fused-ring (bicyclic) bond motifs is 5. The fourth-order valence-corrected chi connectivity index (χ4v) is 7.91. The lowest BCUT2D eigenvalue weighted by molar-refractivity contribution is -0.345. The maximum absolute atomic E-state index is 14.8. The number of carbonyl (C=O) groups is 4. The van der Waals surface area contributed by atoms with Gasteiger partial charge in [0.15, 0.2) is 17.5 Å². The smallest absolute Gasteiger partial charge is 0.338 e. The van der Waals surface area contributed by atoms with Crippen LogP contribution in [0, 0.1) is 16.7 Å². The highest BCUT2D eigenvalue weighted by atomic mass is 16.6. The van der Waals surface area contributed by atoms with Crippen molar-refractivity contribution in [2.24, 2.45) is 16.7 Å². The summed E-state index contributed by atoms with van der Waals surface area (Å²) < 4.78 is 23.5. The molecule has 1 aromatic carbocycles. The molecule has 1 aromatic rings. The van der Waals surface area contributed by atoms with E-state index < -0.39 is 82.2 Å². The van der Waals surface area contributed by atoms with Gasteiger partial charge in [-0.2, -0.15) is 0 Å². The molecule has 228 valence electrons. The van der Waals surface area contributed by atoms with E-state index in [9.17, 15) is 34.5 Å². The maximum atomic E-state index is 14.8. The third kappa shape index (κ3) is 4.08. The standard InChI is InChI=1S/C31H38O11/c1-15-19(34)13-31(38)26(41-27(37)18-10-8-7-9-11-18)24-29(6,20(35)12-21-30(24,14-39-21)42-17(3)33)25(36)23(40-16(2)32)22(15)28(31,4)5/h7-11,19-21,23-24,26,34-35,38H,12-14H2,1-6H3/t19-,20?,21?,23+,24-,26-,29+,30-,31+/m0/s1. The van der Waals surface area contributed by atoms with Gasteiger partial charge in [-0.15, -0.1) is 0 Å². The molecule has 0 spiro atoms. The van der Waals surface area contributed by atoms with Crippen LogP contribution in [-0.2, 0) is 33.3 Å². The first kappa shape index (κ1) is 30.3. The van der Waals surface area contributed by atoms with Crippen LogP contribution in [-0.4, -0.2) is 87.3 Å². The van der Waals surface area contributed by atoms with Crippen LogP contribution in [0.5, 0.6) is 0 Å². The molecule has 0 aromatic heterocycles. The summed E-state index contributed by atoms with van der Waals surface area (Å²) in [6, 6.07) is 8.05. The Morgan fingerprint density at radius 1 is 1.00 bits per heavy atom. The van der Waals surface area contributed by atoms with Crippen molar-refractivity contribution in [1.82, 2.24) is 0 Å². The topological polar surface area (TPSA) is 166 Å². The van der Waals surface area contributed by atoms with Gasteiger partial charge in [-0.1, -0.05) is 32.0 Å². The van der Waals surface area contributed by atoms with Crippen LogP contribution in [0.15, 0.2) is 41.5 Å². The lowest BCUT2D eigenvalue weighted by Crippen LogP contribution is -2.81. The summed E-state index contributed by atoms with van der Waals surface area (Å²) in [6.07, 6.45) is -7.27. The number of benzene rings is 1. The molecule has 1 saturated heterocycles. The van der Waals surface area contributed by atoms with E-state index in [4.69, 9.17) is 18.9 Å². The molecule has 3 aliphatic carbocycles. The average molecular weight is 587 g/mol. The van der Waals surface area contributed by atoms with Crippen LogP contribution in [0.1, 0.15) is 64.7 Å². The summed E-state index contributed by atoms with van der Waals surface area (Å²) in [7, 11) is 0. The summed E-state index contributed by atoms with van der Waals surface area (Å²) in [4.78, 5) is 53.4. The van der Waals surface area contributed by atoms with E-state index >= 15 is 0 Å². The molecule has 5 rings (SSSR count). The molecule has 11 nitrogen and oxygen atoms in total. The minimum Gasteiger partial charge on any atom is -0.455 e. The van der Waals surface area contributed by atoms with Crippen LogP contribution in [0.2, 0.25) is 0 Å². The molecule has 0 radical (unpaired) electrons. The monoisotopic (exact) mass is 586 g/mol. The molecule has 3 N–H and O–H groups in total. The SMILES string of the molecule is CC(=O)O[C@H]1C(=O)[C@]2(C)C(O)CC3OC[C@@]3(OC(C)=O)[C@H]2[C@H](OC(=O)c2ccccc2)[C@]2(O)C[C@H](O)C(C)=C1C2(C)C. The average Bonchev–Trinajstić information content (AvgIpc) is 2.90. The quantitative estimate of drug-likeness (QED) is 0.267. The molecule has 2 bridgehead atoms. The van der Waals surface area contributed by atoms with Crippen LogP contribution in [0.25, 0.3) is 0 Å². The second-order valence-corrected chi connectivity index (χ2v) is 12.8. The zero-order valence-corrected chi connectivity index (χ0v) is 24.6. The Hall–Kier alpha value is -3.12. The highest BCUT2D eigenvalue weighted by molar-refractivity contribution is 5.95. The lowest BCUT2D eigenvalue weighted by Gasteiger charge is -2.67. The second-order valence-electron chi connectivity index (χ2n) is 12.8. The van der Waals surface area contributed by atoms with Gasteiger partial charge in [-0.25, -0.2) is 4.79 Å². The van der Waals surface area contributed by atoms with Gasteiger partial charge in [0.05, 0.1) is 35.7 Å². The van der Waals surface area contributed by atoms with Gasteiger partial charge in [0.1, 0.15) is 17.8 Å². The van der Waals surface area contributed by atoms with Crippen molar-refractivity contribution in [3.05, 3.63) is 47.0 Å². The number of aliphatic hydroxyl groups excluding tert-OH is 2. The molecular weight excluding hydrogens is 548 g/mol. The molecule has 2 saturated carbocycles. The Morgan fingerprint density at radius 2 is 1.64 bits per heavy atom. The molecule has 4 aliphatic rings. The van der Waals surface area contributed by atoms with E-state index in [0.29, 0.717) is 5.57 Å². The zero-order valence-electron chi connectivity index (χ0n) is 24.6. The lowest BCUT2D eigenvalue weighted by atomic mass is 9.44. The Balaban J connectivity index is 1.84. The molecule has 9 atom stereocenters. The van der Waals surface area contributed by atoms with Crippen molar-refractivity contribution < 1.29 is 53.4 Å². The molecule has 1 aliphatic heterocycles. The number of rotatable bonds is 4. The van der Waals surface area contributed by atoms with Gasteiger partial charge in [-0.05, 0) is 37.1 Å². The third-order valence-corrected chi connectivity index (χ3v) is 10.2. The van der Waals surface area contributed by atoms with Gasteiger partial charge in [0, 0.05) is 32.1 Å². The molecular formula is C31H38O11. The minimum absolute atomic E-state index is 0.110. The molecule has 1 heterocycles. The Morgan fingerprint density at radius 3 is 2.19 bits per heavy atom. The summed E-state index contributed by atoms with van der Waals surface area (Å²) in [6.45, 7) is 8.42. The van der Waals surface area contributed by atoms with E-state index in [0.717, 1.165) is 6.92 Å². The Bertz CT molecular complexity index is 1350. The third-order valence-electron chi connectivity index (χ3n) is 10.2. The van der Waals surface area contributed by atoms with E-state index in [1.54, 1.807) is 39.0 Å². The Labute approximate surface area is 243 Å². The normalized spacial score (nSPS) is 40.4. The molecule has 11 heteroatoms. The summed E-state index contributed by atoms with van der Waals surface area (Å²) >= 11 is 0. The predicted molar refractivity (Wildman–Crippen MR) is 145 cm³/mol. The van der Waals surface area contributed by atoms with Gasteiger partial charge < -0.3 is 34.3 Å². The van der Waals surface area contributed by atoms with Crippen molar-refractivity contribution in [3.63, 3.8) is 0 Å². The summed E-state index contributed by atoms with van der Waals surface area (Å²) in [5, 5.41) is 35.8.